The van der Waals surface area contributed by atoms with E-state index >= 15 is 0 Å². The highest BCUT2D eigenvalue weighted by atomic mass is 32.2. The van der Waals surface area contributed by atoms with E-state index in [9.17, 15) is 8.42 Å². The molecule has 0 fully saturated rings. The lowest BCUT2D eigenvalue weighted by molar-refractivity contribution is 0.602. The number of thiol groups is 1. The van der Waals surface area contributed by atoms with Crippen LogP contribution in [-0.4, -0.2) is 8.42 Å². The van der Waals surface area contributed by atoms with Gasteiger partial charge in [0.1, 0.15) is 0 Å². The first-order chi connectivity index (χ1) is 10.7. The fraction of sp³-hybridized carbons (Fsp3) is 0.0588. The van der Waals surface area contributed by atoms with E-state index in [-0.39, 0.29) is 0 Å². The van der Waals surface area contributed by atoms with Crippen LogP contribution in [0.15, 0.2) is 66.7 Å². The van der Waals surface area contributed by atoms with Gasteiger partial charge in [-0.05, 0) is 17.2 Å². The monoisotopic (exact) mass is 329 g/mol. The van der Waals surface area contributed by atoms with Crippen molar-refractivity contribution in [1.82, 2.24) is 4.72 Å². The molecule has 1 N–H and O–H groups in total. The molecular weight excluding hydrogens is 314 g/mol. The van der Waals surface area contributed by atoms with E-state index in [1.807, 2.05) is 36.4 Å². The number of hydrogen-bond donors (Lipinski definition) is 2. The normalized spacial score (nSPS) is 11.0. The van der Waals surface area contributed by atoms with Crippen molar-refractivity contribution >= 4 is 22.2 Å². The molecule has 0 radical (unpaired) electrons. The number of benzene rings is 2. The minimum atomic E-state index is -2.58. The lowest BCUT2D eigenvalue weighted by Gasteiger charge is -2.03. The van der Waals surface area contributed by atoms with E-state index in [0.29, 0.717) is 6.54 Å². The maximum Gasteiger partial charge on any atom is 0.201 e. The third-order valence-electron chi connectivity index (χ3n) is 3.29. The Morgan fingerprint density at radius 1 is 0.864 bits per heavy atom. The molecule has 5 heteroatoms. The summed E-state index contributed by atoms with van der Waals surface area (Å²) in [7, 11) is -2.58. The highest BCUT2D eigenvalue weighted by Crippen LogP contribution is 2.39. The molecule has 112 valence electrons. The molecule has 0 spiro atoms. The average molecular weight is 329 g/mol. The van der Waals surface area contributed by atoms with Crippen LogP contribution in [-0.2, 0) is 17.4 Å². The average Bonchev–Trinajstić information content (AvgIpc) is 2.99. The summed E-state index contributed by atoms with van der Waals surface area (Å²) in [6.45, 7) is 0.329. The smallest absolute Gasteiger partial charge is 0.201 e. The fourth-order valence-electron chi connectivity index (χ4n) is 2.31. The van der Waals surface area contributed by atoms with Crippen LogP contribution in [0, 0.1) is 0 Å². The van der Waals surface area contributed by atoms with E-state index in [0.717, 1.165) is 26.4 Å². The van der Waals surface area contributed by atoms with Crippen molar-refractivity contribution in [3.63, 3.8) is 0 Å². The molecule has 0 unspecified atom stereocenters. The van der Waals surface area contributed by atoms with Gasteiger partial charge in [0.25, 0.3) is 0 Å². The predicted molar refractivity (Wildman–Crippen MR) is 92.3 cm³/mol. The standard InChI is InChI=1S/C17H15NO2S2/c19-22(20)18-12-15-11-16(13-7-3-1-4-8-13)17(21-15)14-9-5-2-6-10-14/h1-11,22H,12H2,(H,18,19,20). The Hall–Kier alpha value is -1.95. The van der Waals surface area contributed by atoms with Gasteiger partial charge in [-0.3, -0.25) is 0 Å². The summed E-state index contributed by atoms with van der Waals surface area (Å²) in [4.78, 5) is 2.15. The highest BCUT2D eigenvalue weighted by molar-refractivity contribution is 7.70. The second kappa shape index (κ2) is 6.87. The molecule has 0 saturated carbocycles. The molecule has 22 heavy (non-hydrogen) atoms. The summed E-state index contributed by atoms with van der Waals surface area (Å²) in [5, 5.41) is 0. The van der Waals surface area contributed by atoms with Crippen molar-refractivity contribution in [2.75, 3.05) is 0 Å². The summed E-state index contributed by atoms with van der Waals surface area (Å²) in [6, 6.07) is 22.4. The highest BCUT2D eigenvalue weighted by Gasteiger charge is 2.12. The van der Waals surface area contributed by atoms with Crippen molar-refractivity contribution in [3.8, 4) is 21.6 Å². The van der Waals surface area contributed by atoms with Crippen LogP contribution in [0.1, 0.15) is 4.88 Å². The first-order valence-corrected chi connectivity index (χ1v) is 8.85. The van der Waals surface area contributed by atoms with Crippen LogP contribution >= 0.6 is 11.3 Å². The predicted octanol–water partition coefficient (Wildman–Crippen LogP) is 3.70. The van der Waals surface area contributed by atoms with Crippen molar-refractivity contribution in [2.24, 2.45) is 0 Å². The van der Waals surface area contributed by atoms with Crippen molar-refractivity contribution in [2.45, 2.75) is 6.54 Å². The third-order valence-corrected chi connectivity index (χ3v) is 4.89. The van der Waals surface area contributed by atoms with E-state index in [4.69, 9.17) is 0 Å². The molecule has 2 aromatic carbocycles. The van der Waals surface area contributed by atoms with E-state index in [1.165, 1.54) is 0 Å². The zero-order valence-electron chi connectivity index (χ0n) is 11.7. The summed E-state index contributed by atoms with van der Waals surface area (Å²) >= 11 is 1.62. The fourth-order valence-corrected chi connectivity index (χ4v) is 3.84. The zero-order chi connectivity index (χ0) is 15.4. The SMILES string of the molecule is O=[SH](=O)NCc1cc(-c2ccccc2)c(-c2ccccc2)s1. The zero-order valence-corrected chi connectivity index (χ0v) is 13.4. The van der Waals surface area contributed by atoms with Crippen LogP contribution in [0.3, 0.4) is 0 Å². The number of rotatable bonds is 5. The molecular formula is C17H15NO2S2. The van der Waals surface area contributed by atoms with Crippen LogP contribution in [0.2, 0.25) is 0 Å². The molecule has 0 aliphatic heterocycles. The third kappa shape index (κ3) is 3.44. The molecule has 1 heterocycles. The molecule has 0 amide bonds. The first kappa shape index (κ1) is 15.0. The van der Waals surface area contributed by atoms with Crippen molar-refractivity contribution in [3.05, 3.63) is 71.6 Å². The Bertz CT molecular complexity index is 759. The summed E-state index contributed by atoms with van der Waals surface area (Å²) < 4.78 is 23.9. The maximum atomic E-state index is 10.7. The van der Waals surface area contributed by atoms with Gasteiger partial charge in [-0.1, -0.05) is 60.7 Å². The second-order valence-corrected chi connectivity index (χ2v) is 6.75. The molecule has 0 atom stereocenters. The van der Waals surface area contributed by atoms with Gasteiger partial charge in [-0.25, -0.2) is 13.1 Å². The van der Waals surface area contributed by atoms with E-state index in [2.05, 4.69) is 35.1 Å². The van der Waals surface area contributed by atoms with Gasteiger partial charge in [-0.2, -0.15) is 0 Å². The van der Waals surface area contributed by atoms with Crippen molar-refractivity contribution in [1.29, 1.82) is 0 Å². The molecule has 3 rings (SSSR count). The van der Waals surface area contributed by atoms with Gasteiger partial charge in [-0.15, -0.1) is 11.3 Å². The van der Waals surface area contributed by atoms with Crippen LogP contribution in [0.25, 0.3) is 21.6 Å². The molecule has 0 aliphatic carbocycles. The Morgan fingerprint density at radius 3 is 2.05 bits per heavy atom. The van der Waals surface area contributed by atoms with Gasteiger partial charge in [0.05, 0.1) is 0 Å². The van der Waals surface area contributed by atoms with Crippen molar-refractivity contribution < 1.29 is 8.42 Å². The van der Waals surface area contributed by atoms with Crippen LogP contribution < -0.4 is 4.72 Å². The van der Waals surface area contributed by atoms with E-state index in [1.54, 1.807) is 11.3 Å². The van der Waals surface area contributed by atoms with Crippen LogP contribution in [0.5, 0.6) is 0 Å². The summed E-state index contributed by atoms with van der Waals surface area (Å²) in [5.41, 5.74) is 3.41. The van der Waals surface area contributed by atoms with Gasteiger partial charge in [0.15, 0.2) is 0 Å². The largest absolute Gasteiger partial charge is 0.216 e. The Balaban J connectivity index is 2.06. The Morgan fingerprint density at radius 2 is 1.45 bits per heavy atom. The number of hydrogen-bond acceptors (Lipinski definition) is 3. The van der Waals surface area contributed by atoms with Gasteiger partial charge in [0.2, 0.25) is 10.9 Å². The minimum Gasteiger partial charge on any atom is -0.216 e. The molecule has 1 aromatic heterocycles. The van der Waals surface area contributed by atoms with Crippen LogP contribution in [0.4, 0.5) is 0 Å². The lowest BCUT2D eigenvalue weighted by atomic mass is 10.0. The first-order valence-electron chi connectivity index (χ1n) is 6.85. The second-order valence-electron chi connectivity index (χ2n) is 4.78. The Labute approximate surface area is 135 Å². The maximum absolute atomic E-state index is 10.7. The van der Waals surface area contributed by atoms with E-state index < -0.39 is 10.9 Å². The molecule has 3 nitrogen and oxygen atoms in total. The quantitative estimate of drug-likeness (QED) is 0.701. The Kier molecular flexibility index (Phi) is 4.68. The summed E-state index contributed by atoms with van der Waals surface area (Å²) in [5.74, 6) is 0. The number of thiophene rings is 1. The molecule has 0 saturated heterocycles. The summed E-state index contributed by atoms with van der Waals surface area (Å²) in [6.07, 6.45) is 0. The lowest BCUT2D eigenvalue weighted by Crippen LogP contribution is -2.08. The van der Waals surface area contributed by atoms with Gasteiger partial charge >= 0.3 is 0 Å². The molecule has 3 aromatic rings. The topological polar surface area (TPSA) is 46.2 Å². The minimum absolute atomic E-state index is 0.329. The molecule has 0 aliphatic rings. The molecule has 0 bridgehead atoms. The number of nitrogens with one attached hydrogen (secondary N) is 1. The van der Waals surface area contributed by atoms with Gasteiger partial charge < -0.3 is 0 Å². The van der Waals surface area contributed by atoms with Gasteiger partial charge in [0, 0.05) is 21.9 Å².